The quantitative estimate of drug-likeness (QED) is 0.343. The Kier molecular flexibility index (Phi) is 8.59. The van der Waals surface area contributed by atoms with Crippen molar-refractivity contribution in [2.75, 3.05) is 17.5 Å². The van der Waals surface area contributed by atoms with Crippen molar-refractivity contribution in [2.24, 2.45) is 5.10 Å². The molecule has 0 aliphatic rings. The van der Waals surface area contributed by atoms with Crippen LogP contribution in [0.5, 0.6) is 5.75 Å². The van der Waals surface area contributed by atoms with E-state index in [9.17, 15) is 13.2 Å². The van der Waals surface area contributed by atoms with E-state index in [0.717, 1.165) is 15.4 Å². The molecule has 1 N–H and O–H groups in total. The van der Waals surface area contributed by atoms with E-state index in [1.54, 1.807) is 48.5 Å². The number of hydrazone groups is 1. The van der Waals surface area contributed by atoms with Gasteiger partial charge in [0.05, 0.1) is 16.8 Å². The topological polar surface area (TPSA) is 112 Å². The standard InChI is InChI=1S/C26H26N4O4S/c1-3-22-6-4-5-7-25(22)30(35(32,33)24-14-8-20(2)9-15-24)19-26(31)29-28-18-21-10-12-23(13-11-21)34-17-16-27/h4-15,18H,3,17,19H2,1-2H3,(H,29,31)/b28-18-. The Labute approximate surface area is 205 Å². The van der Waals surface area contributed by atoms with Gasteiger partial charge in [0, 0.05) is 0 Å². The first-order chi connectivity index (χ1) is 16.8. The number of hydrogen-bond acceptors (Lipinski definition) is 6. The van der Waals surface area contributed by atoms with Gasteiger partial charge >= 0.3 is 0 Å². The van der Waals surface area contributed by atoms with E-state index in [0.29, 0.717) is 23.4 Å². The zero-order chi connectivity index (χ0) is 25.3. The molecule has 0 saturated heterocycles. The maximum atomic E-state index is 13.5. The minimum atomic E-state index is -4.00. The molecular formula is C26H26N4O4S. The lowest BCUT2D eigenvalue weighted by Gasteiger charge is -2.25. The molecule has 0 radical (unpaired) electrons. The molecule has 3 rings (SSSR count). The third kappa shape index (κ3) is 6.68. The minimum Gasteiger partial charge on any atom is -0.479 e. The number of nitriles is 1. The number of benzene rings is 3. The largest absolute Gasteiger partial charge is 0.479 e. The van der Waals surface area contributed by atoms with Gasteiger partial charge in [-0.15, -0.1) is 0 Å². The van der Waals surface area contributed by atoms with Crippen LogP contribution >= 0.6 is 0 Å². The van der Waals surface area contributed by atoms with Crippen LogP contribution in [0.4, 0.5) is 5.69 Å². The Morgan fingerprint density at radius 3 is 2.43 bits per heavy atom. The number of anilines is 1. The summed E-state index contributed by atoms with van der Waals surface area (Å²) < 4.78 is 33.4. The zero-order valence-corrected chi connectivity index (χ0v) is 20.3. The lowest BCUT2D eigenvalue weighted by molar-refractivity contribution is -0.119. The molecule has 0 bridgehead atoms. The van der Waals surface area contributed by atoms with Gasteiger partial charge in [0.15, 0.2) is 6.61 Å². The van der Waals surface area contributed by atoms with Gasteiger partial charge < -0.3 is 4.74 Å². The Morgan fingerprint density at radius 2 is 1.77 bits per heavy atom. The van der Waals surface area contributed by atoms with Crippen LogP contribution in [-0.4, -0.2) is 33.7 Å². The fourth-order valence-electron chi connectivity index (χ4n) is 3.30. The highest BCUT2D eigenvalue weighted by Gasteiger charge is 2.28. The van der Waals surface area contributed by atoms with E-state index in [-0.39, 0.29) is 11.5 Å². The average molecular weight is 491 g/mol. The maximum absolute atomic E-state index is 13.5. The molecule has 0 aliphatic heterocycles. The summed E-state index contributed by atoms with van der Waals surface area (Å²) in [4.78, 5) is 12.8. The van der Waals surface area contributed by atoms with E-state index in [1.165, 1.54) is 18.3 Å². The summed E-state index contributed by atoms with van der Waals surface area (Å²) in [5.74, 6) is -0.0453. The molecule has 0 aromatic heterocycles. The molecule has 3 aromatic carbocycles. The molecule has 0 aliphatic carbocycles. The van der Waals surface area contributed by atoms with Crippen LogP contribution in [0.1, 0.15) is 23.6 Å². The Bertz CT molecular complexity index is 1330. The van der Waals surface area contributed by atoms with Gasteiger partial charge in [0.2, 0.25) is 0 Å². The molecule has 180 valence electrons. The van der Waals surface area contributed by atoms with Crippen molar-refractivity contribution in [1.29, 1.82) is 5.26 Å². The fourth-order valence-corrected chi connectivity index (χ4v) is 4.76. The molecule has 0 atom stereocenters. The number of para-hydroxylation sites is 1. The zero-order valence-electron chi connectivity index (χ0n) is 19.5. The summed E-state index contributed by atoms with van der Waals surface area (Å²) in [6, 6.07) is 22.3. The summed E-state index contributed by atoms with van der Waals surface area (Å²) in [5.41, 5.74) is 5.27. The Morgan fingerprint density at radius 1 is 1.09 bits per heavy atom. The van der Waals surface area contributed by atoms with Crippen LogP contribution in [0, 0.1) is 18.3 Å². The molecule has 9 heteroatoms. The maximum Gasteiger partial charge on any atom is 0.264 e. The van der Waals surface area contributed by atoms with E-state index in [1.807, 2.05) is 32.0 Å². The highest BCUT2D eigenvalue weighted by molar-refractivity contribution is 7.92. The van der Waals surface area contributed by atoms with Crippen molar-refractivity contribution >= 4 is 27.8 Å². The van der Waals surface area contributed by atoms with Gasteiger partial charge in [-0.05, 0) is 66.9 Å². The first kappa shape index (κ1) is 25.5. The fraction of sp³-hybridized carbons (Fsp3) is 0.192. The lowest BCUT2D eigenvalue weighted by atomic mass is 10.1. The number of ether oxygens (including phenoxy) is 1. The predicted molar refractivity (Wildman–Crippen MR) is 135 cm³/mol. The second kappa shape index (κ2) is 11.8. The molecule has 3 aromatic rings. The normalized spacial score (nSPS) is 11.1. The summed E-state index contributed by atoms with van der Waals surface area (Å²) in [6.07, 6.45) is 2.04. The number of carbonyl (C=O) groups excluding carboxylic acids is 1. The molecular weight excluding hydrogens is 464 g/mol. The van der Waals surface area contributed by atoms with Gasteiger partial charge in [0.25, 0.3) is 15.9 Å². The number of aryl methyl sites for hydroxylation is 2. The van der Waals surface area contributed by atoms with Gasteiger partial charge in [-0.1, -0.05) is 42.8 Å². The van der Waals surface area contributed by atoms with Crippen molar-refractivity contribution in [2.45, 2.75) is 25.2 Å². The molecule has 0 fully saturated rings. The monoisotopic (exact) mass is 490 g/mol. The van der Waals surface area contributed by atoms with Crippen LogP contribution in [0.2, 0.25) is 0 Å². The first-order valence-electron chi connectivity index (χ1n) is 10.9. The predicted octanol–water partition coefficient (Wildman–Crippen LogP) is 3.81. The number of amides is 1. The molecule has 8 nitrogen and oxygen atoms in total. The average Bonchev–Trinajstić information content (AvgIpc) is 2.87. The van der Waals surface area contributed by atoms with E-state index >= 15 is 0 Å². The minimum absolute atomic E-state index is 0.0490. The number of hydrogen-bond donors (Lipinski definition) is 1. The SMILES string of the molecule is CCc1ccccc1N(CC(=O)N/N=C\c1ccc(OCC#N)cc1)S(=O)(=O)c1ccc(C)cc1. The smallest absolute Gasteiger partial charge is 0.264 e. The lowest BCUT2D eigenvalue weighted by Crippen LogP contribution is -2.40. The molecule has 0 spiro atoms. The van der Waals surface area contributed by atoms with Crippen LogP contribution < -0.4 is 14.5 Å². The highest BCUT2D eigenvalue weighted by atomic mass is 32.2. The van der Waals surface area contributed by atoms with Gasteiger partial charge in [-0.2, -0.15) is 10.4 Å². The molecule has 35 heavy (non-hydrogen) atoms. The van der Waals surface area contributed by atoms with Crippen LogP contribution in [0.15, 0.2) is 82.8 Å². The molecule has 0 heterocycles. The van der Waals surface area contributed by atoms with E-state index in [4.69, 9.17) is 10.00 Å². The second-order valence-electron chi connectivity index (χ2n) is 7.62. The number of rotatable bonds is 10. The van der Waals surface area contributed by atoms with Crippen molar-refractivity contribution in [3.8, 4) is 11.8 Å². The van der Waals surface area contributed by atoms with Crippen molar-refractivity contribution in [1.82, 2.24) is 5.43 Å². The van der Waals surface area contributed by atoms with E-state index in [2.05, 4.69) is 10.5 Å². The van der Waals surface area contributed by atoms with Crippen molar-refractivity contribution in [3.63, 3.8) is 0 Å². The third-order valence-corrected chi connectivity index (χ3v) is 6.90. The molecule has 0 saturated carbocycles. The first-order valence-corrected chi connectivity index (χ1v) is 12.4. The van der Waals surface area contributed by atoms with Gasteiger partial charge in [-0.3, -0.25) is 9.10 Å². The van der Waals surface area contributed by atoms with Crippen molar-refractivity contribution in [3.05, 3.63) is 89.5 Å². The van der Waals surface area contributed by atoms with Crippen LogP contribution in [0.3, 0.4) is 0 Å². The summed E-state index contributed by atoms with van der Waals surface area (Å²) in [6.45, 7) is 3.31. The molecule has 1 amide bonds. The Balaban J connectivity index is 1.80. The summed E-state index contributed by atoms with van der Waals surface area (Å²) >= 11 is 0. The second-order valence-corrected chi connectivity index (χ2v) is 9.48. The Hall–Kier alpha value is -4.16. The highest BCUT2D eigenvalue weighted by Crippen LogP contribution is 2.27. The van der Waals surface area contributed by atoms with Gasteiger partial charge in [0.1, 0.15) is 18.4 Å². The number of sulfonamides is 1. The van der Waals surface area contributed by atoms with Gasteiger partial charge in [-0.25, -0.2) is 13.8 Å². The number of nitrogens with zero attached hydrogens (tertiary/aromatic N) is 3. The molecule has 0 unspecified atom stereocenters. The summed E-state index contributed by atoms with van der Waals surface area (Å²) in [7, 11) is -4.00. The van der Waals surface area contributed by atoms with Crippen molar-refractivity contribution < 1.29 is 17.9 Å². The summed E-state index contributed by atoms with van der Waals surface area (Å²) in [5, 5.41) is 12.5. The number of nitrogens with one attached hydrogen (secondary N) is 1. The van der Waals surface area contributed by atoms with Crippen LogP contribution in [0.25, 0.3) is 0 Å². The van der Waals surface area contributed by atoms with E-state index < -0.39 is 22.5 Å². The van der Waals surface area contributed by atoms with Crippen LogP contribution in [-0.2, 0) is 21.2 Å². The third-order valence-electron chi connectivity index (χ3n) is 5.12. The number of carbonyl (C=O) groups is 1.